The van der Waals surface area contributed by atoms with Gasteiger partial charge in [0.25, 0.3) is 0 Å². The molecule has 0 bridgehead atoms. The molecule has 0 aliphatic heterocycles. The molecule has 0 aromatic heterocycles. The number of rotatable bonds is 8. The smallest absolute Gasteiger partial charge is 0.407 e. The van der Waals surface area contributed by atoms with Gasteiger partial charge in [0, 0.05) is 12.0 Å². The minimum absolute atomic E-state index is 0.0657. The molecule has 2 aliphatic rings. The average molecular weight is 479 g/mol. The zero-order valence-corrected chi connectivity index (χ0v) is 20.3. The van der Waals surface area contributed by atoms with Crippen LogP contribution in [-0.2, 0) is 14.3 Å². The van der Waals surface area contributed by atoms with E-state index in [2.05, 4.69) is 34.9 Å². The topological polar surface area (TPSA) is 105 Å². The van der Waals surface area contributed by atoms with Gasteiger partial charge in [0.2, 0.25) is 5.91 Å². The lowest BCUT2D eigenvalue weighted by Crippen LogP contribution is -2.53. The molecular weight excluding hydrogens is 444 g/mol. The quantitative estimate of drug-likeness (QED) is 0.510. The lowest BCUT2D eigenvalue weighted by atomic mass is 9.84. The Hall–Kier alpha value is -3.35. The van der Waals surface area contributed by atoms with Gasteiger partial charge in [-0.05, 0) is 47.4 Å². The zero-order chi connectivity index (χ0) is 24.9. The van der Waals surface area contributed by atoms with E-state index in [9.17, 15) is 19.5 Å². The minimum Gasteiger partial charge on any atom is -0.481 e. The minimum atomic E-state index is -0.889. The Morgan fingerprint density at radius 2 is 1.57 bits per heavy atom. The summed E-state index contributed by atoms with van der Waals surface area (Å²) in [5.74, 6) is -1.75. The Labute approximate surface area is 206 Å². The van der Waals surface area contributed by atoms with Crippen molar-refractivity contribution in [2.24, 2.45) is 11.8 Å². The van der Waals surface area contributed by atoms with E-state index in [0.29, 0.717) is 19.3 Å². The highest BCUT2D eigenvalue weighted by Gasteiger charge is 2.34. The van der Waals surface area contributed by atoms with Crippen molar-refractivity contribution in [3.05, 3.63) is 59.7 Å². The van der Waals surface area contributed by atoms with E-state index in [1.165, 1.54) is 0 Å². The first-order valence-corrected chi connectivity index (χ1v) is 12.5. The molecule has 1 saturated carbocycles. The highest BCUT2D eigenvalue weighted by Crippen LogP contribution is 2.44. The van der Waals surface area contributed by atoms with Crippen LogP contribution in [0.25, 0.3) is 11.1 Å². The summed E-state index contributed by atoms with van der Waals surface area (Å²) in [5, 5.41) is 15.2. The van der Waals surface area contributed by atoms with Gasteiger partial charge in [-0.2, -0.15) is 0 Å². The van der Waals surface area contributed by atoms with Gasteiger partial charge in [0.1, 0.15) is 12.6 Å². The normalized spacial score (nSPS) is 20.0. The van der Waals surface area contributed by atoms with Crippen molar-refractivity contribution in [2.45, 2.75) is 64.0 Å². The monoisotopic (exact) mass is 478 g/mol. The number of hydrogen-bond acceptors (Lipinski definition) is 4. The van der Waals surface area contributed by atoms with E-state index in [0.717, 1.165) is 35.1 Å². The van der Waals surface area contributed by atoms with E-state index in [1.807, 2.05) is 38.1 Å². The summed E-state index contributed by atoms with van der Waals surface area (Å²) in [6.45, 7) is 4.11. The van der Waals surface area contributed by atoms with Crippen LogP contribution < -0.4 is 10.6 Å². The van der Waals surface area contributed by atoms with Crippen molar-refractivity contribution in [3.63, 3.8) is 0 Å². The molecular formula is C28H34N2O5. The summed E-state index contributed by atoms with van der Waals surface area (Å²) in [6.07, 6.45) is 2.68. The maximum atomic E-state index is 13.1. The average Bonchev–Trinajstić information content (AvgIpc) is 3.16. The number of nitrogens with one attached hydrogen (secondary N) is 2. The van der Waals surface area contributed by atoms with E-state index in [1.54, 1.807) is 0 Å². The number of carboxylic acids is 1. The van der Waals surface area contributed by atoms with Crippen LogP contribution in [0.2, 0.25) is 0 Å². The predicted molar refractivity (Wildman–Crippen MR) is 133 cm³/mol. The number of carbonyl (C=O) groups excluding carboxylic acids is 2. The van der Waals surface area contributed by atoms with E-state index < -0.39 is 30.1 Å². The molecule has 2 amide bonds. The molecule has 0 spiro atoms. The SMILES string of the molecule is CC(C)C[C@H](NC(=O)OCC1c2ccccc2-c2ccccc21)C(=O)N[C@@H]1CCCC[C@@H]1C(=O)O. The second-order valence-electron chi connectivity index (χ2n) is 10.00. The molecule has 3 atom stereocenters. The van der Waals surface area contributed by atoms with Crippen molar-refractivity contribution >= 4 is 18.0 Å². The third-order valence-electron chi connectivity index (χ3n) is 7.07. The summed E-state index contributed by atoms with van der Waals surface area (Å²) in [4.78, 5) is 37.5. The molecule has 2 aliphatic carbocycles. The highest BCUT2D eigenvalue weighted by atomic mass is 16.5. The van der Waals surface area contributed by atoms with Crippen molar-refractivity contribution in [1.29, 1.82) is 0 Å². The van der Waals surface area contributed by atoms with Gasteiger partial charge in [-0.3, -0.25) is 9.59 Å². The van der Waals surface area contributed by atoms with E-state index in [4.69, 9.17) is 4.74 Å². The first-order chi connectivity index (χ1) is 16.8. The molecule has 0 heterocycles. The Morgan fingerprint density at radius 3 is 2.17 bits per heavy atom. The zero-order valence-electron chi connectivity index (χ0n) is 20.3. The number of fused-ring (bicyclic) bond motifs is 3. The summed E-state index contributed by atoms with van der Waals surface area (Å²) in [7, 11) is 0. The molecule has 0 radical (unpaired) electrons. The van der Waals surface area contributed by atoms with E-state index >= 15 is 0 Å². The van der Waals surface area contributed by atoms with Gasteiger partial charge in [-0.15, -0.1) is 0 Å². The number of aliphatic carboxylic acids is 1. The molecule has 1 fully saturated rings. The summed E-state index contributed by atoms with van der Waals surface area (Å²) < 4.78 is 5.63. The van der Waals surface area contributed by atoms with Crippen molar-refractivity contribution in [1.82, 2.24) is 10.6 Å². The fourth-order valence-corrected chi connectivity index (χ4v) is 5.37. The molecule has 2 aromatic rings. The Balaban J connectivity index is 1.40. The summed E-state index contributed by atoms with van der Waals surface area (Å²) >= 11 is 0. The van der Waals surface area contributed by atoms with Crippen LogP contribution in [0.1, 0.15) is 63.0 Å². The maximum absolute atomic E-state index is 13.1. The van der Waals surface area contributed by atoms with Gasteiger partial charge in [0.05, 0.1) is 5.92 Å². The van der Waals surface area contributed by atoms with Crippen LogP contribution in [0.4, 0.5) is 4.79 Å². The third-order valence-corrected chi connectivity index (χ3v) is 7.07. The maximum Gasteiger partial charge on any atom is 0.407 e. The van der Waals surface area contributed by atoms with Crippen LogP contribution in [0, 0.1) is 11.8 Å². The number of hydrogen-bond donors (Lipinski definition) is 3. The second kappa shape index (κ2) is 10.9. The fraction of sp³-hybridized carbons (Fsp3) is 0.464. The van der Waals surface area contributed by atoms with Crippen LogP contribution >= 0.6 is 0 Å². The number of carboxylic acid groups (broad SMARTS) is 1. The molecule has 7 nitrogen and oxygen atoms in total. The van der Waals surface area contributed by atoms with Gasteiger partial charge in [-0.1, -0.05) is 75.2 Å². The summed E-state index contributed by atoms with van der Waals surface area (Å²) in [6, 6.07) is 15.0. The highest BCUT2D eigenvalue weighted by molar-refractivity contribution is 5.86. The summed E-state index contributed by atoms with van der Waals surface area (Å²) in [5.41, 5.74) is 4.54. The van der Waals surface area contributed by atoms with Crippen LogP contribution in [0.3, 0.4) is 0 Å². The Bertz CT molecular complexity index is 1040. The largest absolute Gasteiger partial charge is 0.481 e. The standard InChI is InChI=1S/C28H34N2O5/c1-17(2)15-25(26(31)29-24-14-8-7-13-22(24)27(32)33)30-28(34)35-16-23-20-11-5-3-9-18(20)19-10-4-6-12-21(19)23/h3-6,9-12,17,22-25H,7-8,13-16H2,1-2H3,(H,29,31)(H,30,34)(H,32,33)/t22-,24+,25-/m0/s1. The van der Waals surface area contributed by atoms with Crippen LogP contribution in [0.5, 0.6) is 0 Å². The Morgan fingerprint density at radius 1 is 0.971 bits per heavy atom. The van der Waals surface area contributed by atoms with Gasteiger partial charge in [0.15, 0.2) is 0 Å². The van der Waals surface area contributed by atoms with Crippen molar-refractivity contribution < 1.29 is 24.2 Å². The molecule has 0 unspecified atom stereocenters. The lowest BCUT2D eigenvalue weighted by Gasteiger charge is -2.31. The lowest BCUT2D eigenvalue weighted by molar-refractivity contribution is -0.144. The first kappa shape index (κ1) is 24.8. The molecule has 3 N–H and O–H groups in total. The number of carbonyl (C=O) groups is 3. The predicted octanol–water partition coefficient (Wildman–Crippen LogP) is 4.70. The molecule has 35 heavy (non-hydrogen) atoms. The molecule has 2 aromatic carbocycles. The number of amides is 2. The van der Waals surface area contributed by atoms with E-state index in [-0.39, 0.29) is 24.3 Å². The van der Waals surface area contributed by atoms with Gasteiger partial charge >= 0.3 is 12.1 Å². The fourth-order valence-electron chi connectivity index (χ4n) is 5.37. The van der Waals surface area contributed by atoms with Crippen molar-refractivity contribution in [2.75, 3.05) is 6.61 Å². The molecule has 0 saturated heterocycles. The van der Waals surface area contributed by atoms with Crippen LogP contribution in [-0.4, -0.2) is 41.8 Å². The van der Waals surface area contributed by atoms with Gasteiger partial charge < -0.3 is 20.5 Å². The Kier molecular flexibility index (Phi) is 7.73. The number of ether oxygens (including phenoxy) is 1. The molecule has 7 heteroatoms. The molecule has 186 valence electrons. The second-order valence-corrected chi connectivity index (χ2v) is 10.00. The number of benzene rings is 2. The van der Waals surface area contributed by atoms with Gasteiger partial charge in [-0.25, -0.2) is 4.79 Å². The third kappa shape index (κ3) is 5.66. The van der Waals surface area contributed by atoms with Crippen molar-refractivity contribution in [3.8, 4) is 11.1 Å². The molecule has 4 rings (SSSR count). The number of alkyl carbamates (subject to hydrolysis) is 1. The first-order valence-electron chi connectivity index (χ1n) is 12.5. The van der Waals surface area contributed by atoms with Crippen LogP contribution in [0.15, 0.2) is 48.5 Å².